The van der Waals surface area contributed by atoms with Crippen molar-refractivity contribution in [3.8, 4) is 0 Å². The van der Waals surface area contributed by atoms with Crippen LogP contribution in [0, 0.1) is 5.92 Å². The fourth-order valence-corrected chi connectivity index (χ4v) is 2.17. The molecule has 0 bridgehead atoms. The summed E-state index contributed by atoms with van der Waals surface area (Å²) in [6.45, 7) is 2.44. The second-order valence-corrected chi connectivity index (χ2v) is 5.33. The van der Waals surface area contributed by atoms with E-state index in [0.717, 1.165) is 6.42 Å². The first-order valence-corrected chi connectivity index (χ1v) is 7.52. The van der Waals surface area contributed by atoms with Gasteiger partial charge in [0.2, 0.25) is 5.95 Å². The molecule has 0 aliphatic heterocycles. The molecule has 0 amide bonds. The molecule has 0 aromatic carbocycles. The number of nitrogens with two attached hydrogens (primary N) is 1. The van der Waals surface area contributed by atoms with Crippen LogP contribution < -0.4 is 11.3 Å². The van der Waals surface area contributed by atoms with Gasteiger partial charge in [-0.1, -0.05) is 6.92 Å². The van der Waals surface area contributed by atoms with E-state index in [9.17, 15) is 14.7 Å². The van der Waals surface area contributed by atoms with Gasteiger partial charge in [-0.05, 0) is 12.8 Å². The highest BCUT2D eigenvalue weighted by Crippen LogP contribution is 2.11. The molecule has 23 heavy (non-hydrogen) atoms. The summed E-state index contributed by atoms with van der Waals surface area (Å²) in [6, 6.07) is 0. The first-order chi connectivity index (χ1) is 11.0. The number of nitrogen functional groups attached to an aromatic ring is 1. The van der Waals surface area contributed by atoms with Crippen molar-refractivity contribution >= 4 is 23.1 Å². The molecular formula is C14H21N5O4. The molecule has 0 aliphatic rings. The third-order valence-corrected chi connectivity index (χ3v) is 3.46. The molecule has 2 aromatic heterocycles. The number of aliphatic hydroxyl groups excluding tert-OH is 1. The maximum atomic E-state index is 11.7. The molecule has 0 aliphatic carbocycles. The Morgan fingerprint density at radius 2 is 2.35 bits per heavy atom. The summed E-state index contributed by atoms with van der Waals surface area (Å²) in [5.74, 6) is -0.427. The molecule has 1 unspecified atom stereocenters. The van der Waals surface area contributed by atoms with Crippen molar-refractivity contribution in [3.63, 3.8) is 0 Å². The average Bonchev–Trinajstić information content (AvgIpc) is 2.91. The largest absolute Gasteiger partial charge is 0.465 e. The minimum atomic E-state index is -0.390. The SMILES string of the molecule is CCCC(=O)OCC(CO)CCn1cnc2c(=O)[nH]c(N)nc21. The standard InChI is InChI=1S/C14H21N5O4/c1-2-3-10(21)23-7-9(6-20)4-5-19-8-16-11-12(19)17-14(15)18-13(11)22/h8-9,20H,2-7H2,1H3,(H3,15,17,18,22). The number of ether oxygens (including phenoxy) is 1. The smallest absolute Gasteiger partial charge is 0.305 e. The van der Waals surface area contributed by atoms with E-state index in [-0.39, 0.29) is 36.6 Å². The number of hydrogen-bond acceptors (Lipinski definition) is 7. The van der Waals surface area contributed by atoms with E-state index < -0.39 is 5.56 Å². The summed E-state index contributed by atoms with van der Waals surface area (Å²) < 4.78 is 6.81. The van der Waals surface area contributed by atoms with Gasteiger partial charge in [0, 0.05) is 25.5 Å². The van der Waals surface area contributed by atoms with E-state index in [1.54, 1.807) is 4.57 Å². The number of nitrogens with zero attached hydrogens (tertiary/aromatic N) is 3. The number of anilines is 1. The van der Waals surface area contributed by atoms with E-state index in [0.29, 0.717) is 25.0 Å². The molecule has 2 rings (SSSR count). The van der Waals surface area contributed by atoms with Crippen molar-refractivity contribution in [2.24, 2.45) is 5.92 Å². The van der Waals surface area contributed by atoms with Crippen molar-refractivity contribution in [1.82, 2.24) is 19.5 Å². The normalized spacial score (nSPS) is 12.4. The predicted molar refractivity (Wildman–Crippen MR) is 83.6 cm³/mol. The molecule has 2 aromatic rings. The highest BCUT2D eigenvalue weighted by Gasteiger charge is 2.14. The topological polar surface area (TPSA) is 136 Å². The maximum Gasteiger partial charge on any atom is 0.305 e. The average molecular weight is 323 g/mol. The van der Waals surface area contributed by atoms with Gasteiger partial charge < -0.3 is 20.1 Å². The number of esters is 1. The van der Waals surface area contributed by atoms with Crippen LogP contribution in [-0.2, 0) is 16.1 Å². The zero-order valence-corrected chi connectivity index (χ0v) is 13.0. The van der Waals surface area contributed by atoms with Crippen LogP contribution in [0.5, 0.6) is 0 Å². The Bertz CT molecular complexity index is 724. The van der Waals surface area contributed by atoms with Gasteiger partial charge in [0.05, 0.1) is 12.9 Å². The first kappa shape index (κ1) is 16.9. The van der Waals surface area contributed by atoms with Crippen LogP contribution >= 0.6 is 0 Å². The summed E-state index contributed by atoms with van der Waals surface area (Å²) in [5, 5.41) is 9.39. The number of rotatable bonds is 8. The van der Waals surface area contributed by atoms with Crippen molar-refractivity contribution < 1.29 is 14.6 Å². The van der Waals surface area contributed by atoms with Gasteiger partial charge in [-0.15, -0.1) is 0 Å². The number of nitrogens with one attached hydrogen (secondary N) is 1. The van der Waals surface area contributed by atoms with Gasteiger partial charge in [0.15, 0.2) is 11.2 Å². The Morgan fingerprint density at radius 3 is 3.04 bits per heavy atom. The lowest BCUT2D eigenvalue weighted by Gasteiger charge is -2.14. The molecule has 0 spiro atoms. The van der Waals surface area contributed by atoms with Gasteiger partial charge in [0.1, 0.15) is 0 Å². The second kappa shape index (κ2) is 7.73. The van der Waals surface area contributed by atoms with E-state index in [1.807, 2.05) is 6.92 Å². The molecule has 4 N–H and O–H groups in total. The number of aryl methyl sites for hydroxylation is 1. The lowest BCUT2D eigenvalue weighted by atomic mass is 10.1. The van der Waals surface area contributed by atoms with E-state index in [1.165, 1.54) is 6.33 Å². The Hall–Kier alpha value is -2.42. The number of aliphatic hydroxyl groups is 1. The van der Waals surface area contributed by atoms with Crippen LogP contribution in [0.2, 0.25) is 0 Å². The van der Waals surface area contributed by atoms with Crippen molar-refractivity contribution in [2.45, 2.75) is 32.7 Å². The van der Waals surface area contributed by atoms with Crippen molar-refractivity contribution in [2.75, 3.05) is 18.9 Å². The number of carbonyl (C=O) groups excluding carboxylic acids is 1. The molecule has 1 atom stereocenters. The van der Waals surface area contributed by atoms with Crippen LogP contribution in [-0.4, -0.2) is 43.8 Å². The monoisotopic (exact) mass is 323 g/mol. The number of aromatic amines is 1. The number of hydrogen-bond donors (Lipinski definition) is 3. The number of H-pyrrole nitrogens is 1. The first-order valence-electron chi connectivity index (χ1n) is 7.52. The van der Waals surface area contributed by atoms with Crippen molar-refractivity contribution in [3.05, 3.63) is 16.7 Å². The highest BCUT2D eigenvalue weighted by atomic mass is 16.5. The lowest BCUT2D eigenvalue weighted by molar-refractivity contribution is -0.145. The fourth-order valence-electron chi connectivity index (χ4n) is 2.17. The Kier molecular flexibility index (Phi) is 5.69. The molecule has 0 fully saturated rings. The summed E-state index contributed by atoms with van der Waals surface area (Å²) in [5.41, 5.74) is 5.76. The Balaban J connectivity index is 1.99. The lowest BCUT2D eigenvalue weighted by Crippen LogP contribution is -2.19. The molecule has 9 nitrogen and oxygen atoms in total. The molecule has 0 saturated heterocycles. The minimum Gasteiger partial charge on any atom is -0.465 e. The van der Waals surface area contributed by atoms with E-state index >= 15 is 0 Å². The van der Waals surface area contributed by atoms with Gasteiger partial charge in [-0.3, -0.25) is 14.6 Å². The number of fused-ring (bicyclic) bond motifs is 1. The van der Waals surface area contributed by atoms with Gasteiger partial charge in [0.25, 0.3) is 5.56 Å². The number of aromatic nitrogens is 4. The van der Waals surface area contributed by atoms with Crippen LogP contribution in [0.1, 0.15) is 26.2 Å². The molecule has 0 radical (unpaired) electrons. The summed E-state index contributed by atoms with van der Waals surface area (Å²) >= 11 is 0. The fraction of sp³-hybridized carbons (Fsp3) is 0.571. The summed E-state index contributed by atoms with van der Waals surface area (Å²) in [6.07, 6.45) is 3.15. The van der Waals surface area contributed by atoms with Crippen molar-refractivity contribution in [1.29, 1.82) is 0 Å². The molecular weight excluding hydrogens is 302 g/mol. The van der Waals surface area contributed by atoms with E-state index in [4.69, 9.17) is 10.5 Å². The van der Waals surface area contributed by atoms with Gasteiger partial charge in [-0.2, -0.15) is 4.98 Å². The third kappa shape index (κ3) is 4.28. The minimum absolute atomic E-state index is 0.0245. The quantitative estimate of drug-likeness (QED) is 0.583. The Labute approximate surface area is 132 Å². The van der Waals surface area contributed by atoms with Crippen LogP contribution in [0.3, 0.4) is 0 Å². The molecule has 0 saturated carbocycles. The summed E-state index contributed by atoms with van der Waals surface area (Å²) in [4.78, 5) is 33.5. The number of imidazole rings is 1. The zero-order chi connectivity index (χ0) is 16.8. The molecule has 126 valence electrons. The van der Waals surface area contributed by atoms with E-state index in [2.05, 4.69) is 15.0 Å². The summed E-state index contributed by atoms with van der Waals surface area (Å²) in [7, 11) is 0. The van der Waals surface area contributed by atoms with Crippen LogP contribution in [0.4, 0.5) is 5.95 Å². The predicted octanol–water partition coefficient (Wildman–Crippen LogP) is 0.0437. The second-order valence-electron chi connectivity index (χ2n) is 5.33. The maximum absolute atomic E-state index is 11.7. The highest BCUT2D eigenvalue weighted by molar-refractivity contribution is 5.70. The van der Waals surface area contributed by atoms with Crippen LogP contribution in [0.25, 0.3) is 11.2 Å². The molecule has 9 heteroatoms. The van der Waals surface area contributed by atoms with Gasteiger partial charge in [-0.25, -0.2) is 4.98 Å². The van der Waals surface area contributed by atoms with Crippen LogP contribution in [0.15, 0.2) is 11.1 Å². The van der Waals surface area contributed by atoms with Gasteiger partial charge >= 0.3 is 5.97 Å². The zero-order valence-electron chi connectivity index (χ0n) is 13.0. The number of carbonyl (C=O) groups is 1. The third-order valence-electron chi connectivity index (χ3n) is 3.46. The Morgan fingerprint density at radius 1 is 1.57 bits per heavy atom. The molecule has 2 heterocycles.